The number of rotatable bonds is 5. The van der Waals surface area contributed by atoms with E-state index in [9.17, 15) is 4.79 Å². The highest BCUT2D eigenvalue weighted by Crippen LogP contribution is 2.36. The molecule has 0 saturated carbocycles. The molecular formula is C16H33NO3Si. The van der Waals surface area contributed by atoms with Crippen LogP contribution < -0.4 is 5.32 Å². The summed E-state index contributed by atoms with van der Waals surface area (Å²) in [7, 11) is -1.74. The average Bonchev–Trinajstić information content (AvgIpc) is 2.19. The first-order chi connectivity index (χ1) is 9.24. The van der Waals surface area contributed by atoms with E-state index < -0.39 is 13.9 Å². The lowest BCUT2D eigenvalue weighted by Gasteiger charge is -2.35. The lowest BCUT2D eigenvalue weighted by molar-refractivity contribution is 0.0509. The molecule has 0 unspecified atom stereocenters. The standard InChI is InChI=1S/C16H33NO3Si/c1-13(17-14(18)20-15(2,3)4)11-10-12-19-21(8,9)16(5,6)7/h10,12-13H,11H2,1-9H3,(H,17,18)/t13-/m0/s1. The van der Waals surface area contributed by atoms with Crippen LogP contribution in [-0.4, -0.2) is 26.1 Å². The third-order valence-electron chi connectivity index (χ3n) is 3.52. The van der Waals surface area contributed by atoms with Crippen LogP contribution in [0.15, 0.2) is 12.3 Å². The van der Waals surface area contributed by atoms with Crippen LogP contribution in [0.25, 0.3) is 0 Å². The van der Waals surface area contributed by atoms with Crippen molar-refractivity contribution in [3.05, 3.63) is 12.3 Å². The van der Waals surface area contributed by atoms with Gasteiger partial charge in [0.05, 0.1) is 6.26 Å². The fraction of sp³-hybridized carbons (Fsp3) is 0.812. The molecule has 1 N–H and O–H groups in total. The number of ether oxygens (including phenoxy) is 1. The molecule has 0 radical (unpaired) electrons. The molecule has 4 nitrogen and oxygen atoms in total. The van der Waals surface area contributed by atoms with Gasteiger partial charge in [0.25, 0.3) is 0 Å². The molecule has 0 aliphatic heterocycles. The van der Waals surface area contributed by atoms with Crippen molar-refractivity contribution in [2.45, 2.75) is 84.7 Å². The smallest absolute Gasteiger partial charge is 0.407 e. The quantitative estimate of drug-likeness (QED) is 0.584. The van der Waals surface area contributed by atoms with Crippen LogP contribution in [0.2, 0.25) is 18.1 Å². The first kappa shape index (κ1) is 20.0. The zero-order valence-corrected chi connectivity index (χ0v) is 16.2. The highest BCUT2D eigenvalue weighted by Gasteiger charge is 2.37. The number of hydrogen-bond acceptors (Lipinski definition) is 3. The molecule has 0 aromatic rings. The number of carbonyl (C=O) groups is 1. The second-order valence-corrected chi connectivity index (χ2v) is 12.8. The summed E-state index contributed by atoms with van der Waals surface area (Å²) in [5.41, 5.74) is -0.467. The minimum atomic E-state index is -1.74. The summed E-state index contributed by atoms with van der Waals surface area (Å²) >= 11 is 0. The van der Waals surface area contributed by atoms with E-state index in [0.717, 1.165) is 0 Å². The number of amides is 1. The summed E-state index contributed by atoms with van der Waals surface area (Å²) in [4.78, 5) is 11.6. The molecule has 0 aromatic carbocycles. The van der Waals surface area contributed by atoms with E-state index in [0.29, 0.717) is 6.42 Å². The van der Waals surface area contributed by atoms with Gasteiger partial charge in [-0.3, -0.25) is 0 Å². The fourth-order valence-electron chi connectivity index (χ4n) is 1.22. The second-order valence-electron chi connectivity index (χ2n) is 8.03. The summed E-state index contributed by atoms with van der Waals surface area (Å²) in [6.07, 6.45) is 4.08. The van der Waals surface area contributed by atoms with Gasteiger partial charge in [-0.2, -0.15) is 0 Å². The Morgan fingerprint density at radius 3 is 2.14 bits per heavy atom. The van der Waals surface area contributed by atoms with Gasteiger partial charge in [0, 0.05) is 6.04 Å². The van der Waals surface area contributed by atoms with Gasteiger partial charge in [-0.05, 0) is 58.3 Å². The van der Waals surface area contributed by atoms with E-state index in [1.165, 1.54) is 0 Å². The first-order valence-corrected chi connectivity index (χ1v) is 10.5. The Kier molecular flexibility index (Phi) is 7.00. The zero-order chi connectivity index (χ0) is 16.9. The summed E-state index contributed by atoms with van der Waals surface area (Å²) in [6.45, 7) is 18.5. The second kappa shape index (κ2) is 7.34. The molecular weight excluding hydrogens is 282 g/mol. The third kappa shape index (κ3) is 8.81. The number of nitrogens with one attached hydrogen (secondary N) is 1. The van der Waals surface area contributed by atoms with Crippen LogP contribution in [0, 0.1) is 0 Å². The van der Waals surface area contributed by atoms with Crippen LogP contribution >= 0.6 is 0 Å². The summed E-state index contributed by atoms with van der Waals surface area (Å²) in [5, 5.41) is 3.00. The molecule has 0 fully saturated rings. The normalized spacial score (nSPS) is 14.9. The molecule has 1 atom stereocenters. The van der Waals surface area contributed by atoms with Crippen molar-refractivity contribution in [2.24, 2.45) is 0 Å². The summed E-state index contributed by atoms with van der Waals surface area (Å²) < 4.78 is 11.2. The van der Waals surface area contributed by atoms with Crippen LogP contribution in [0.1, 0.15) is 54.9 Å². The zero-order valence-electron chi connectivity index (χ0n) is 15.2. The molecule has 124 valence electrons. The van der Waals surface area contributed by atoms with E-state index in [4.69, 9.17) is 9.16 Å². The van der Waals surface area contributed by atoms with Crippen molar-refractivity contribution in [3.63, 3.8) is 0 Å². The number of carbonyl (C=O) groups excluding carboxylic acids is 1. The van der Waals surface area contributed by atoms with Crippen molar-refractivity contribution in [1.29, 1.82) is 0 Å². The Labute approximate surface area is 131 Å². The molecule has 21 heavy (non-hydrogen) atoms. The molecule has 0 aromatic heterocycles. The Hall–Kier alpha value is -0.973. The molecule has 0 heterocycles. The Morgan fingerprint density at radius 2 is 1.71 bits per heavy atom. The first-order valence-electron chi connectivity index (χ1n) is 7.57. The lowest BCUT2D eigenvalue weighted by atomic mass is 10.2. The van der Waals surface area contributed by atoms with Gasteiger partial charge in [-0.25, -0.2) is 4.79 Å². The van der Waals surface area contributed by atoms with Gasteiger partial charge >= 0.3 is 6.09 Å². The Morgan fingerprint density at radius 1 is 1.19 bits per heavy atom. The van der Waals surface area contributed by atoms with Crippen molar-refractivity contribution < 1.29 is 14.0 Å². The van der Waals surface area contributed by atoms with E-state index in [1.807, 2.05) is 33.8 Å². The Balaban J connectivity index is 4.18. The largest absolute Gasteiger partial charge is 0.549 e. The minimum absolute atomic E-state index is 0.0131. The highest BCUT2D eigenvalue weighted by atomic mass is 28.4. The average molecular weight is 316 g/mol. The predicted octanol–water partition coefficient (Wildman–Crippen LogP) is 4.83. The lowest BCUT2D eigenvalue weighted by Crippen LogP contribution is -2.39. The van der Waals surface area contributed by atoms with Gasteiger partial charge in [0.2, 0.25) is 8.32 Å². The van der Waals surface area contributed by atoms with Gasteiger partial charge in [0.1, 0.15) is 5.60 Å². The monoisotopic (exact) mass is 315 g/mol. The van der Waals surface area contributed by atoms with Gasteiger partial charge < -0.3 is 14.5 Å². The summed E-state index contributed by atoms with van der Waals surface area (Å²) in [6, 6.07) is 0.0131. The molecule has 0 saturated heterocycles. The maximum absolute atomic E-state index is 11.6. The number of hydrogen-bond donors (Lipinski definition) is 1. The molecule has 0 bridgehead atoms. The maximum atomic E-state index is 11.6. The molecule has 0 aliphatic rings. The van der Waals surface area contributed by atoms with Crippen molar-refractivity contribution in [3.8, 4) is 0 Å². The van der Waals surface area contributed by atoms with Gasteiger partial charge in [-0.15, -0.1) is 0 Å². The van der Waals surface area contributed by atoms with Crippen LogP contribution in [0.3, 0.4) is 0 Å². The molecule has 0 spiro atoms. The number of alkyl carbamates (subject to hydrolysis) is 1. The van der Waals surface area contributed by atoms with E-state index in [2.05, 4.69) is 39.2 Å². The maximum Gasteiger partial charge on any atom is 0.407 e. The van der Waals surface area contributed by atoms with Crippen LogP contribution in [-0.2, 0) is 9.16 Å². The molecule has 0 rings (SSSR count). The summed E-state index contributed by atoms with van der Waals surface area (Å²) in [5.74, 6) is 0. The van der Waals surface area contributed by atoms with Crippen LogP contribution in [0.5, 0.6) is 0 Å². The highest BCUT2D eigenvalue weighted by molar-refractivity contribution is 6.74. The van der Waals surface area contributed by atoms with Crippen molar-refractivity contribution >= 4 is 14.4 Å². The van der Waals surface area contributed by atoms with Gasteiger partial charge in [0.15, 0.2) is 0 Å². The van der Waals surface area contributed by atoms with Gasteiger partial charge in [-0.1, -0.05) is 20.8 Å². The third-order valence-corrected chi connectivity index (χ3v) is 7.86. The fourth-order valence-corrected chi connectivity index (χ4v) is 2.01. The van der Waals surface area contributed by atoms with Crippen molar-refractivity contribution in [1.82, 2.24) is 5.32 Å². The topological polar surface area (TPSA) is 47.6 Å². The van der Waals surface area contributed by atoms with Crippen molar-refractivity contribution in [2.75, 3.05) is 0 Å². The minimum Gasteiger partial charge on any atom is -0.549 e. The molecule has 0 aliphatic carbocycles. The Bertz CT molecular complexity index is 365. The van der Waals surface area contributed by atoms with E-state index in [1.54, 1.807) is 6.26 Å². The SMILES string of the molecule is C[C@@H](CC=CO[Si](C)(C)C(C)(C)C)NC(=O)OC(C)(C)C. The van der Waals surface area contributed by atoms with Crippen LogP contribution in [0.4, 0.5) is 4.79 Å². The molecule has 5 heteroatoms. The van der Waals surface area contributed by atoms with E-state index in [-0.39, 0.29) is 17.2 Å². The predicted molar refractivity (Wildman–Crippen MR) is 90.9 cm³/mol. The molecule has 1 amide bonds. The van der Waals surface area contributed by atoms with E-state index >= 15 is 0 Å².